The lowest BCUT2D eigenvalue weighted by atomic mass is 9.92. The third-order valence-electron chi connectivity index (χ3n) is 5.77. The molecular formula is C24H27FN2O. The number of phenolic OH excluding ortho intramolecular Hbond substituents is 1. The molecule has 0 saturated carbocycles. The van der Waals surface area contributed by atoms with E-state index in [9.17, 15) is 9.50 Å². The zero-order valence-electron chi connectivity index (χ0n) is 16.1. The van der Waals surface area contributed by atoms with E-state index in [0.717, 1.165) is 43.0 Å². The van der Waals surface area contributed by atoms with Gasteiger partial charge in [0, 0.05) is 30.7 Å². The van der Waals surface area contributed by atoms with Gasteiger partial charge in [-0.2, -0.15) is 0 Å². The van der Waals surface area contributed by atoms with Crippen LogP contribution in [0.5, 0.6) is 5.75 Å². The summed E-state index contributed by atoms with van der Waals surface area (Å²) in [5, 5.41) is 15.5. The standard InChI is InChI=1S/C24H27FN2O/c25-21-6-4-19(5-7-21)17-26-13-10-18-11-14-27(15-12-18)24-3-1-2-20-16-22(28)8-9-23(20)24/h1-9,16,18,26,28H,10-15,17H2. The Kier molecular flexibility index (Phi) is 5.77. The van der Waals surface area contributed by atoms with Crippen molar-refractivity contribution in [2.75, 3.05) is 24.5 Å². The second-order valence-corrected chi connectivity index (χ2v) is 7.70. The molecule has 4 heteroatoms. The number of nitrogens with zero attached hydrogens (tertiary/aromatic N) is 1. The quantitative estimate of drug-likeness (QED) is 0.587. The topological polar surface area (TPSA) is 35.5 Å². The van der Waals surface area contributed by atoms with Crippen LogP contribution < -0.4 is 10.2 Å². The molecule has 146 valence electrons. The third kappa shape index (κ3) is 4.45. The van der Waals surface area contributed by atoms with Crippen LogP contribution in [-0.4, -0.2) is 24.7 Å². The van der Waals surface area contributed by atoms with Gasteiger partial charge in [-0.3, -0.25) is 0 Å². The minimum absolute atomic E-state index is 0.182. The van der Waals surface area contributed by atoms with Crippen LogP contribution in [0.15, 0.2) is 60.7 Å². The van der Waals surface area contributed by atoms with Gasteiger partial charge in [0.2, 0.25) is 0 Å². The van der Waals surface area contributed by atoms with Crippen molar-refractivity contribution in [3.05, 3.63) is 72.0 Å². The molecule has 28 heavy (non-hydrogen) atoms. The van der Waals surface area contributed by atoms with Crippen molar-refractivity contribution in [3.63, 3.8) is 0 Å². The second-order valence-electron chi connectivity index (χ2n) is 7.70. The van der Waals surface area contributed by atoms with Crippen molar-refractivity contribution in [2.45, 2.75) is 25.8 Å². The molecule has 3 aromatic rings. The van der Waals surface area contributed by atoms with E-state index in [-0.39, 0.29) is 5.82 Å². The van der Waals surface area contributed by atoms with Gasteiger partial charge in [0.05, 0.1) is 0 Å². The normalized spacial score (nSPS) is 15.2. The van der Waals surface area contributed by atoms with E-state index in [4.69, 9.17) is 0 Å². The number of halogens is 1. The summed E-state index contributed by atoms with van der Waals surface area (Å²) < 4.78 is 12.9. The SMILES string of the molecule is Oc1ccc2c(N3CCC(CCNCc4ccc(F)cc4)CC3)cccc2c1. The minimum Gasteiger partial charge on any atom is -0.508 e. The number of fused-ring (bicyclic) bond motifs is 1. The molecule has 0 aromatic heterocycles. The number of rotatable bonds is 6. The number of hydrogen-bond acceptors (Lipinski definition) is 3. The van der Waals surface area contributed by atoms with Crippen molar-refractivity contribution < 1.29 is 9.50 Å². The Morgan fingerprint density at radius 1 is 1.00 bits per heavy atom. The van der Waals surface area contributed by atoms with Gasteiger partial charge in [-0.15, -0.1) is 0 Å². The molecule has 1 aliphatic rings. The zero-order chi connectivity index (χ0) is 19.3. The largest absolute Gasteiger partial charge is 0.508 e. The number of phenols is 1. The average Bonchev–Trinajstić information content (AvgIpc) is 2.72. The highest BCUT2D eigenvalue weighted by molar-refractivity contribution is 5.95. The molecular weight excluding hydrogens is 351 g/mol. The third-order valence-corrected chi connectivity index (χ3v) is 5.77. The van der Waals surface area contributed by atoms with Gasteiger partial charge in [0.15, 0.2) is 0 Å². The Morgan fingerprint density at radius 3 is 2.57 bits per heavy atom. The van der Waals surface area contributed by atoms with E-state index < -0.39 is 0 Å². The molecule has 0 unspecified atom stereocenters. The molecule has 1 aliphatic heterocycles. The van der Waals surface area contributed by atoms with Crippen molar-refractivity contribution in [1.82, 2.24) is 5.32 Å². The van der Waals surface area contributed by atoms with Gasteiger partial charge >= 0.3 is 0 Å². The first-order valence-corrected chi connectivity index (χ1v) is 10.1. The predicted octanol–water partition coefficient (Wildman–Crippen LogP) is 5.08. The summed E-state index contributed by atoms with van der Waals surface area (Å²) >= 11 is 0. The number of benzene rings is 3. The molecule has 0 amide bonds. The number of aromatic hydroxyl groups is 1. The van der Waals surface area contributed by atoms with Gasteiger partial charge in [-0.1, -0.05) is 24.3 Å². The fourth-order valence-electron chi connectivity index (χ4n) is 4.13. The van der Waals surface area contributed by atoms with Crippen LogP contribution in [-0.2, 0) is 6.54 Å². The molecule has 1 saturated heterocycles. The smallest absolute Gasteiger partial charge is 0.123 e. The van der Waals surface area contributed by atoms with E-state index in [1.165, 1.54) is 42.5 Å². The maximum Gasteiger partial charge on any atom is 0.123 e. The van der Waals surface area contributed by atoms with Crippen LogP contribution in [0.2, 0.25) is 0 Å². The molecule has 3 nitrogen and oxygen atoms in total. The lowest BCUT2D eigenvalue weighted by Crippen LogP contribution is -2.34. The monoisotopic (exact) mass is 378 g/mol. The molecule has 1 heterocycles. The number of hydrogen-bond donors (Lipinski definition) is 2. The summed E-state index contributed by atoms with van der Waals surface area (Å²) in [7, 11) is 0. The van der Waals surface area contributed by atoms with E-state index >= 15 is 0 Å². The van der Waals surface area contributed by atoms with Gasteiger partial charge in [-0.25, -0.2) is 4.39 Å². The maximum atomic E-state index is 12.9. The Labute approximate surface area is 165 Å². The molecule has 0 atom stereocenters. The molecule has 0 bridgehead atoms. The summed E-state index contributed by atoms with van der Waals surface area (Å²) in [5.74, 6) is 0.881. The van der Waals surface area contributed by atoms with Crippen LogP contribution in [0.3, 0.4) is 0 Å². The second kappa shape index (κ2) is 8.61. The molecule has 0 aliphatic carbocycles. The summed E-state index contributed by atoms with van der Waals surface area (Å²) in [6.45, 7) is 3.93. The first-order chi connectivity index (χ1) is 13.7. The minimum atomic E-state index is -0.182. The van der Waals surface area contributed by atoms with E-state index in [0.29, 0.717) is 5.75 Å². The van der Waals surface area contributed by atoms with Gasteiger partial charge in [0.1, 0.15) is 11.6 Å². The van der Waals surface area contributed by atoms with Gasteiger partial charge in [-0.05, 0) is 79.1 Å². The van der Waals surface area contributed by atoms with Crippen molar-refractivity contribution in [2.24, 2.45) is 5.92 Å². The maximum absolute atomic E-state index is 12.9. The molecule has 2 N–H and O–H groups in total. The molecule has 4 rings (SSSR count). The van der Waals surface area contributed by atoms with Crippen LogP contribution in [0.25, 0.3) is 10.8 Å². The molecule has 3 aromatic carbocycles. The Bertz CT molecular complexity index is 918. The first-order valence-electron chi connectivity index (χ1n) is 10.1. The van der Waals surface area contributed by atoms with Crippen LogP contribution in [0, 0.1) is 11.7 Å². The van der Waals surface area contributed by atoms with E-state index in [1.54, 1.807) is 6.07 Å². The average molecular weight is 378 g/mol. The van der Waals surface area contributed by atoms with Gasteiger partial charge < -0.3 is 15.3 Å². The van der Waals surface area contributed by atoms with Crippen LogP contribution in [0.1, 0.15) is 24.8 Å². The van der Waals surface area contributed by atoms with Crippen molar-refractivity contribution in [3.8, 4) is 5.75 Å². The highest BCUT2D eigenvalue weighted by atomic mass is 19.1. The summed E-state index contributed by atoms with van der Waals surface area (Å²) in [6.07, 6.45) is 3.58. The predicted molar refractivity (Wildman–Crippen MR) is 113 cm³/mol. The first kappa shape index (κ1) is 18.8. The van der Waals surface area contributed by atoms with Gasteiger partial charge in [0.25, 0.3) is 0 Å². The Morgan fingerprint density at radius 2 is 1.79 bits per heavy atom. The Balaban J connectivity index is 1.26. The lowest BCUT2D eigenvalue weighted by molar-refractivity contribution is 0.374. The van der Waals surface area contributed by atoms with E-state index in [2.05, 4.69) is 28.4 Å². The number of anilines is 1. The highest BCUT2D eigenvalue weighted by Gasteiger charge is 2.20. The lowest BCUT2D eigenvalue weighted by Gasteiger charge is -2.34. The van der Waals surface area contributed by atoms with Crippen LogP contribution in [0.4, 0.5) is 10.1 Å². The Hall–Kier alpha value is -2.59. The fourth-order valence-corrected chi connectivity index (χ4v) is 4.13. The highest BCUT2D eigenvalue weighted by Crippen LogP contribution is 2.32. The molecule has 1 fully saturated rings. The summed E-state index contributed by atoms with van der Waals surface area (Å²) in [5.41, 5.74) is 2.39. The van der Waals surface area contributed by atoms with Crippen molar-refractivity contribution >= 4 is 16.5 Å². The van der Waals surface area contributed by atoms with Crippen molar-refractivity contribution in [1.29, 1.82) is 0 Å². The summed E-state index contributed by atoms with van der Waals surface area (Å²) in [6, 6.07) is 18.6. The molecule has 0 radical (unpaired) electrons. The number of piperidine rings is 1. The van der Waals surface area contributed by atoms with Crippen LogP contribution >= 0.6 is 0 Å². The molecule has 0 spiro atoms. The number of nitrogens with one attached hydrogen (secondary N) is 1. The zero-order valence-corrected chi connectivity index (χ0v) is 16.1. The summed E-state index contributed by atoms with van der Waals surface area (Å²) in [4.78, 5) is 2.47. The van der Waals surface area contributed by atoms with E-state index in [1.807, 2.05) is 24.3 Å². The fraction of sp³-hybridized carbons (Fsp3) is 0.333.